The van der Waals surface area contributed by atoms with Crippen LogP contribution in [-0.2, 0) is 24.7 Å². The summed E-state index contributed by atoms with van der Waals surface area (Å²) in [4.78, 5) is 24.0. The van der Waals surface area contributed by atoms with Crippen LogP contribution in [0.5, 0.6) is 0 Å². The SMILES string of the molecule is Cc1nc(C(C)(C)C)sc1C(=O)NCCCc1nc2c(s1)CCCC2. The highest BCUT2D eigenvalue weighted by molar-refractivity contribution is 7.14. The molecule has 1 amide bonds. The average Bonchev–Trinajstić information content (AvgIpc) is 3.14. The van der Waals surface area contributed by atoms with Gasteiger partial charge in [0.2, 0.25) is 0 Å². The van der Waals surface area contributed by atoms with Gasteiger partial charge in [0.1, 0.15) is 4.88 Å². The summed E-state index contributed by atoms with van der Waals surface area (Å²) < 4.78 is 0. The molecule has 3 rings (SSSR count). The summed E-state index contributed by atoms with van der Waals surface area (Å²) in [5.74, 6) is 0.00364. The molecule has 1 N–H and O–H groups in total. The fourth-order valence-corrected chi connectivity index (χ4v) is 5.20. The Morgan fingerprint density at radius 3 is 2.60 bits per heavy atom. The summed E-state index contributed by atoms with van der Waals surface area (Å²) in [6.07, 6.45) is 6.80. The lowest BCUT2D eigenvalue weighted by Gasteiger charge is -2.13. The van der Waals surface area contributed by atoms with Crippen molar-refractivity contribution >= 4 is 28.6 Å². The maximum atomic E-state index is 12.4. The third kappa shape index (κ3) is 4.47. The number of amides is 1. The van der Waals surface area contributed by atoms with E-state index in [0.29, 0.717) is 6.54 Å². The number of nitrogens with zero attached hydrogens (tertiary/aromatic N) is 2. The molecule has 0 radical (unpaired) electrons. The van der Waals surface area contributed by atoms with E-state index in [2.05, 4.69) is 31.1 Å². The third-order valence-electron chi connectivity index (χ3n) is 4.39. The second-order valence-electron chi connectivity index (χ2n) is 7.73. The van der Waals surface area contributed by atoms with E-state index in [0.717, 1.165) is 34.8 Å². The van der Waals surface area contributed by atoms with E-state index in [1.165, 1.54) is 46.2 Å². The quantitative estimate of drug-likeness (QED) is 0.783. The Morgan fingerprint density at radius 1 is 1.16 bits per heavy atom. The minimum Gasteiger partial charge on any atom is -0.351 e. The minimum absolute atomic E-state index is 0.00364. The second kappa shape index (κ2) is 7.54. The Bertz CT molecular complexity index is 732. The number of nitrogens with one attached hydrogen (secondary N) is 1. The predicted molar refractivity (Wildman–Crippen MR) is 105 cm³/mol. The van der Waals surface area contributed by atoms with Crippen LogP contribution < -0.4 is 5.32 Å². The van der Waals surface area contributed by atoms with E-state index in [9.17, 15) is 4.79 Å². The number of carbonyl (C=O) groups excluding carboxylic acids is 1. The lowest BCUT2D eigenvalue weighted by atomic mass is 9.98. The largest absolute Gasteiger partial charge is 0.351 e. The standard InChI is InChI=1S/C19H27N3OS2/c1-12-16(25-18(21-12)19(2,3)4)17(23)20-11-7-10-15-22-13-8-5-6-9-14(13)24-15/h5-11H2,1-4H3,(H,20,23). The van der Waals surface area contributed by atoms with Crippen LogP contribution in [0.1, 0.15) is 76.0 Å². The molecular formula is C19H27N3OS2. The molecule has 1 aliphatic carbocycles. The molecule has 0 fully saturated rings. The van der Waals surface area contributed by atoms with Crippen LogP contribution in [-0.4, -0.2) is 22.4 Å². The van der Waals surface area contributed by atoms with Gasteiger partial charge in [-0.25, -0.2) is 9.97 Å². The zero-order chi connectivity index (χ0) is 18.0. The first-order valence-corrected chi connectivity index (χ1v) is 10.7. The fourth-order valence-electron chi connectivity index (χ4n) is 2.96. The van der Waals surface area contributed by atoms with Crippen LogP contribution in [0.4, 0.5) is 0 Å². The van der Waals surface area contributed by atoms with Crippen molar-refractivity contribution < 1.29 is 4.79 Å². The third-order valence-corrected chi connectivity index (χ3v) is 7.19. The lowest BCUT2D eigenvalue weighted by Crippen LogP contribution is -2.24. The highest BCUT2D eigenvalue weighted by atomic mass is 32.1. The summed E-state index contributed by atoms with van der Waals surface area (Å²) in [5, 5.41) is 5.29. The molecule has 1 aliphatic rings. The van der Waals surface area contributed by atoms with Crippen molar-refractivity contribution in [1.29, 1.82) is 0 Å². The van der Waals surface area contributed by atoms with Gasteiger partial charge in [-0.05, 0) is 39.0 Å². The number of aromatic nitrogens is 2. The molecule has 0 saturated carbocycles. The Morgan fingerprint density at radius 2 is 1.92 bits per heavy atom. The average molecular weight is 378 g/mol. The Balaban J connectivity index is 1.50. The Kier molecular flexibility index (Phi) is 5.58. The summed E-state index contributed by atoms with van der Waals surface area (Å²) in [6.45, 7) is 8.98. The lowest BCUT2D eigenvalue weighted by molar-refractivity contribution is 0.0956. The number of aryl methyl sites for hydroxylation is 4. The smallest absolute Gasteiger partial charge is 0.263 e. The highest BCUT2D eigenvalue weighted by Gasteiger charge is 2.23. The molecule has 0 spiro atoms. The highest BCUT2D eigenvalue weighted by Crippen LogP contribution is 2.29. The molecule has 6 heteroatoms. The van der Waals surface area contributed by atoms with Gasteiger partial charge >= 0.3 is 0 Å². The number of fused-ring (bicyclic) bond motifs is 1. The summed E-state index contributed by atoms with van der Waals surface area (Å²) in [7, 11) is 0. The zero-order valence-electron chi connectivity index (χ0n) is 15.6. The predicted octanol–water partition coefficient (Wildman–Crippen LogP) is 4.45. The van der Waals surface area contributed by atoms with E-state index in [1.807, 2.05) is 18.3 Å². The van der Waals surface area contributed by atoms with Gasteiger partial charge in [0.25, 0.3) is 5.91 Å². The van der Waals surface area contributed by atoms with Gasteiger partial charge in [-0.15, -0.1) is 22.7 Å². The van der Waals surface area contributed by atoms with E-state index in [1.54, 1.807) is 0 Å². The summed E-state index contributed by atoms with van der Waals surface area (Å²) in [6, 6.07) is 0. The molecule has 2 aromatic rings. The van der Waals surface area contributed by atoms with Crippen molar-refractivity contribution in [3.8, 4) is 0 Å². The van der Waals surface area contributed by atoms with Gasteiger partial charge in [0.15, 0.2) is 0 Å². The van der Waals surface area contributed by atoms with Crippen LogP contribution in [0, 0.1) is 6.92 Å². The maximum absolute atomic E-state index is 12.4. The summed E-state index contributed by atoms with van der Waals surface area (Å²) >= 11 is 3.38. The van der Waals surface area contributed by atoms with Crippen molar-refractivity contribution in [1.82, 2.24) is 15.3 Å². The van der Waals surface area contributed by atoms with Gasteiger partial charge in [-0.1, -0.05) is 20.8 Å². The van der Waals surface area contributed by atoms with Crippen LogP contribution in [0.3, 0.4) is 0 Å². The number of thiazole rings is 2. The van der Waals surface area contributed by atoms with Crippen LogP contribution in [0.15, 0.2) is 0 Å². The normalized spacial score (nSPS) is 14.4. The molecule has 0 atom stereocenters. The van der Waals surface area contributed by atoms with Crippen molar-refractivity contribution in [3.05, 3.63) is 31.2 Å². The molecule has 4 nitrogen and oxygen atoms in total. The maximum Gasteiger partial charge on any atom is 0.263 e. The van der Waals surface area contributed by atoms with Gasteiger partial charge in [-0.2, -0.15) is 0 Å². The minimum atomic E-state index is -0.0160. The van der Waals surface area contributed by atoms with Crippen molar-refractivity contribution in [2.24, 2.45) is 0 Å². The number of carbonyl (C=O) groups is 1. The van der Waals surface area contributed by atoms with Crippen LogP contribution >= 0.6 is 22.7 Å². The van der Waals surface area contributed by atoms with Crippen molar-refractivity contribution in [2.75, 3.05) is 6.54 Å². The fraction of sp³-hybridized carbons (Fsp3) is 0.632. The second-order valence-corrected chi connectivity index (χ2v) is 9.89. The molecule has 2 aromatic heterocycles. The zero-order valence-corrected chi connectivity index (χ0v) is 17.2. The molecule has 0 aliphatic heterocycles. The number of hydrogen-bond donors (Lipinski definition) is 1. The first-order valence-electron chi connectivity index (χ1n) is 9.08. The number of hydrogen-bond acceptors (Lipinski definition) is 5. The van der Waals surface area contributed by atoms with E-state index in [-0.39, 0.29) is 11.3 Å². The molecule has 0 bridgehead atoms. The molecule has 0 unspecified atom stereocenters. The first-order chi connectivity index (χ1) is 11.8. The van der Waals surface area contributed by atoms with E-state index in [4.69, 9.17) is 4.98 Å². The first kappa shape index (κ1) is 18.5. The Hall–Kier alpha value is -1.27. The number of rotatable bonds is 5. The van der Waals surface area contributed by atoms with Crippen molar-refractivity contribution in [3.63, 3.8) is 0 Å². The topological polar surface area (TPSA) is 54.9 Å². The molecule has 136 valence electrons. The molecule has 2 heterocycles. The van der Waals surface area contributed by atoms with Gasteiger partial charge in [0.05, 0.1) is 21.4 Å². The van der Waals surface area contributed by atoms with Crippen LogP contribution in [0.25, 0.3) is 0 Å². The van der Waals surface area contributed by atoms with Gasteiger partial charge in [-0.3, -0.25) is 4.79 Å². The Labute approximate surface area is 158 Å². The van der Waals surface area contributed by atoms with Crippen LogP contribution in [0.2, 0.25) is 0 Å². The van der Waals surface area contributed by atoms with Gasteiger partial charge in [0, 0.05) is 23.3 Å². The van der Waals surface area contributed by atoms with E-state index >= 15 is 0 Å². The van der Waals surface area contributed by atoms with Gasteiger partial charge < -0.3 is 5.32 Å². The van der Waals surface area contributed by atoms with Crippen molar-refractivity contribution in [2.45, 2.75) is 71.6 Å². The monoisotopic (exact) mass is 377 g/mol. The molecular weight excluding hydrogens is 350 g/mol. The molecule has 0 aromatic carbocycles. The molecule has 0 saturated heterocycles. The molecule has 25 heavy (non-hydrogen) atoms. The van der Waals surface area contributed by atoms with E-state index < -0.39 is 0 Å². The summed E-state index contributed by atoms with van der Waals surface area (Å²) in [5.41, 5.74) is 2.14.